The second-order valence-electron chi connectivity index (χ2n) is 3.78. The molecule has 0 bridgehead atoms. The fourth-order valence-electron chi connectivity index (χ4n) is 1.31. The molecule has 0 fully saturated rings. The van der Waals surface area contributed by atoms with E-state index in [0.717, 1.165) is 12.1 Å². The monoisotopic (exact) mass is 303 g/mol. The number of hydrogen-bond donors (Lipinski definition) is 0. The zero-order valence-electron chi connectivity index (χ0n) is 9.51. The van der Waals surface area contributed by atoms with Gasteiger partial charge in [-0.1, -0.05) is 22.0 Å². The van der Waals surface area contributed by atoms with Gasteiger partial charge in [-0.3, -0.25) is 4.79 Å². The van der Waals surface area contributed by atoms with Gasteiger partial charge in [0.2, 0.25) is 0 Å². The zero-order chi connectivity index (χ0) is 13.0. The van der Waals surface area contributed by atoms with Gasteiger partial charge in [0.05, 0.1) is 5.56 Å². The van der Waals surface area contributed by atoms with Crippen LogP contribution in [-0.2, 0) is 4.79 Å². The van der Waals surface area contributed by atoms with Crippen LogP contribution in [0.1, 0.15) is 5.56 Å². The van der Waals surface area contributed by atoms with E-state index in [1.54, 1.807) is 19.0 Å². The minimum absolute atomic E-state index is 0.0150. The Morgan fingerprint density at radius 3 is 2.29 bits per heavy atom. The van der Waals surface area contributed by atoms with E-state index >= 15 is 0 Å². The first-order valence-corrected chi connectivity index (χ1v) is 5.70. The Hall–Kier alpha value is -1.07. The molecule has 1 aromatic rings. The molecule has 1 rings (SSSR count). The highest BCUT2D eigenvalue weighted by molar-refractivity contribution is 9.10. The molecule has 0 heterocycles. The fraction of sp³-hybridized carbons (Fsp3) is 0.250. The van der Waals surface area contributed by atoms with Crippen LogP contribution < -0.4 is 0 Å². The van der Waals surface area contributed by atoms with Crippen LogP contribution in [0.3, 0.4) is 0 Å². The number of likely N-dealkylation sites (N-methyl/N-ethyl adjacent to an activating group) is 1. The van der Waals surface area contributed by atoms with Crippen molar-refractivity contribution in [3.8, 4) is 0 Å². The largest absolute Gasteiger partial charge is 0.306 e. The third-order valence-corrected chi connectivity index (χ3v) is 2.56. The predicted octanol–water partition coefficient (Wildman–Crippen LogP) is 2.87. The van der Waals surface area contributed by atoms with Gasteiger partial charge in [-0.15, -0.1) is 0 Å². The van der Waals surface area contributed by atoms with E-state index in [2.05, 4.69) is 15.9 Å². The van der Waals surface area contributed by atoms with Gasteiger partial charge in [-0.2, -0.15) is 0 Å². The Morgan fingerprint density at radius 2 is 1.88 bits per heavy atom. The highest BCUT2D eigenvalue weighted by Gasteiger charge is 2.14. The zero-order valence-corrected chi connectivity index (χ0v) is 11.1. The number of rotatable bonds is 4. The summed E-state index contributed by atoms with van der Waals surface area (Å²) in [6.45, 7) is 0.434. The van der Waals surface area contributed by atoms with Crippen molar-refractivity contribution in [2.24, 2.45) is 0 Å². The standard InChI is InChI=1S/C12H12BrF2NO/c1-16(2)4-3-8(7-17)12-10(14)5-9(13)6-11(12)15/h3,5-7H,4H2,1-2H3. The van der Waals surface area contributed by atoms with Crippen molar-refractivity contribution in [2.75, 3.05) is 20.6 Å². The van der Waals surface area contributed by atoms with Crippen LogP contribution in [0, 0.1) is 11.6 Å². The summed E-state index contributed by atoms with van der Waals surface area (Å²) in [7, 11) is 3.60. The quantitative estimate of drug-likeness (QED) is 0.630. The first kappa shape index (κ1) is 14.0. The molecule has 0 aromatic heterocycles. The summed E-state index contributed by atoms with van der Waals surface area (Å²) in [5.41, 5.74) is -0.272. The lowest BCUT2D eigenvalue weighted by Gasteiger charge is -2.08. The Balaban J connectivity index is 3.21. The average Bonchev–Trinajstić information content (AvgIpc) is 2.21. The topological polar surface area (TPSA) is 20.3 Å². The second kappa shape index (κ2) is 6.02. The van der Waals surface area contributed by atoms with Gasteiger partial charge in [0.25, 0.3) is 0 Å². The van der Waals surface area contributed by atoms with E-state index in [1.165, 1.54) is 6.08 Å². The highest BCUT2D eigenvalue weighted by Crippen LogP contribution is 2.24. The van der Waals surface area contributed by atoms with Gasteiger partial charge in [-0.05, 0) is 26.2 Å². The molecule has 0 aliphatic heterocycles. The van der Waals surface area contributed by atoms with Crippen LogP contribution in [0.2, 0.25) is 0 Å². The maximum atomic E-state index is 13.6. The maximum Gasteiger partial charge on any atom is 0.150 e. The van der Waals surface area contributed by atoms with Gasteiger partial charge >= 0.3 is 0 Å². The van der Waals surface area contributed by atoms with Crippen LogP contribution in [0.4, 0.5) is 8.78 Å². The predicted molar refractivity (Wildman–Crippen MR) is 66.7 cm³/mol. The van der Waals surface area contributed by atoms with Crippen LogP contribution in [0.5, 0.6) is 0 Å². The second-order valence-corrected chi connectivity index (χ2v) is 4.70. The molecule has 1 aromatic carbocycles. The van der Waals surface area contributed by atoms with Crippen molar-refractivity contribution in [1.82, 2.24) is 4.90 Å². The number of carbonyl (C=O) groups is 1. The summed E-state index contributed by atoms with van der Waals surface area (Å²) < 4.78 is 27.5. The smallest absolute Gasteiger partial charge is 0.150 e. The van der Waals surface area contributed by atoms with E-state index < -0.39 is 11.6 Å². The molecule has 0 N–H and O–H groups in total. The SMILES string of the molecule is CN(C)CC=C(C=O)c1c(F)cc(Br)cc1F. The molecule has 0 aliphatic rings. The van der Waals surface area contributed by atoms with Crippen LogP contribution >= 0.6 is 15.9 Å². The molecule has 92 valence electrons. The number of halogens is 3. The van der Waals surface area contributed by atoms with E-state index in [1.807, 2.05) is 0 Å². The van der Waals surface area contributed by atoms with Crippen LogP contribution in [0.15, 0.2) is 22.7 Å². The lowest BCUT2D eigenvalue weighted by atomic mass is 10.1. The Morgan fingerprint density at radius 1 is 1.35 bits per heavy atom. The molecule has 0 radical (unpaired) electrons. The van der Waals surface area contributed by atoms with Gasteiger partial charge in [0, 0.05) is 16.6 Å². The molecule has 0 spiro atoms. The summed E-state index contributed by atoms with van der Waals surface area (Å²) in [5.74, 6) is -1.51. The number of allylic oxidation sites excluding steroid dienone is 1. The van der Waals surface area contributed by atoms with Gasteiger partial charge in [0.15, 0.2) is 6.29 Å². The molecule has 0 unspecified atom stereocenters. The first-order chi connectivity index (χ1) is 7.95. The van der Waals surface area contributed by atoms with Crippen molar-refractivity contribution in [3.05, 3.63) is 39.9 Å². The summed E-state index contributed by atoms with van der Waals surface area (Å²) >= 11 is 2.98. The van der Waals surface area contributed by atoms with E-state index in [4.69, 9.17) is 0 Å². The lowest BCUT2D eigenvalue weighted by molar-refractivity contribution is -0.103. The van der Waals surface area contributed by atoms with Crippen molar-refractivity contribution < 1.29 is 13.6 Å². The summed E-state index contributed by atoms with van der Waals surface area (Å²) in [6, 6.07) is 2.26. The third kappa shape index (κ3) is 3.71. The number of carbonyl (C=O) groups excluding carboxylic acids is 1. The molecule has 0 saturated heterocycles. The minimum Gasteiger partial charge on any atom is -0.306 e. The molecular weight excluding hydrogens is 292 g/mol. The molecule has 0 amide bonds. The van der Waals surface area contributed by atoms with Crippen LogP contribution in [-0.4, -0.2) is 31.8 Å². The van der Waals surface area contributed by atoms with Crippen molar-refractivity contribution in [1.29, 1.82) is 0 Å². The summed E-state index contributed by atoms with van der Waals surface area (Å²) in [5, 5.41) is 0. The maximum absolute atomic E-state index is 13.6. The number of benzene rings is 1. The molecular formula is C12H12BrF2NO. The van der Waals surface area contributed by atoms with Crippen molar-refractivity contribution in [2.45, 2.75) is 0 Å². The molecule has 0 saturated carbocycles. The fourth-order valence-corrected chi connectivity index (χ4v) is 1.71. The normalized spacial score (nSPS) is 12.0. The minimum atomic E-state index is -0.756. The summed E-state index contributed by atoms with van der Waals surface area (Å²) in [6.07, 6.45) is 1.95. The molecule has 5 heteroatoms. The third-order valence-electron chi connectivity index (χ3n) is 2.10. The van der Waals surface area contributed by atoms with Gasteiger partial charge in [-0.25, -0.2) is 8.78 Å². The van der Waals surface area contributed by atoms with Crippen LogP contribution in [0.25, 0.3) is 5.57 Å². The first-order valence-electron chi connectivity index (χ1n) is 4.90. The highest BCUT2D eigenvalue weighted by atomic mass is 79.9. The van der Waals surface area contributed by atoms with E-state index in [9.17, 15) is 13.6 Å². The Bertz CT molecular complexity index is 435. The molecule has 17 heavy (non-hydrogen) atoms. The molecule has 0 aliphatic carbocycles. The van der Waals surface area contributed by atoms with Gasteiger partial charge in [0.1, 0.15) is 11.6 Å². The summed E-state index contributed by atoms with van der Waals surface area (Å²) in [4.78, 5) is 12.7. The number of nitrogens with zero attached hydrogens (tertiary/aromatic N) is 1. The van der Waals surface area contributed by atoms with Gasteiger partial charge < -0.3 is 4.90 Å². The molecule has 2 nitrogen and oxygen atoms in total. The molecule has 0 atom stereocenters. The Labute approximate surface area is 107 Å². The number of aldehydes is 1. The van der Waals surface area contributed by atoms with E-state index in [-0.39, 0.29) is 11.1 Å². The van der Waals surface area contributed by atoms with E-state index in [0.29, 0.717) is 17.3 Å². The van der Waals surface area contributed by atoms with Crippen molar-refractivity contribution in [3.63, 3.8) is 0 Å². The Kier molecular flexibility index (Phi) is 4.96. The number of hydrogen-bond acceptors (Lipinski definition) is 2. The lowest BCUT2D eigenvalue weighted by Crippen LogP contribution is -2.11. The van der Waals surface area contributed by atoms with Crippen molar-refractivity contribution >= 4 is 27.8 Å². The average molecular weight is 304 g/mol.